The highest BCUT2D eigenvalue weighted by Gasteiger charge is 2.33. The van der Waals surface area contributed by atoms with Crippen LogP contribution < -0.4 is 5.32 Å². The highest BCUT2D eigenvalue weighted by molar-refractivity contribution is 8.01. The third-order valence-corrected chi connectivity index (χ3v) is 6.68. The Bertz CT molecular complexity index is 825. The van der Waals surface area contributed by atoms with Crippen LogP contribution in [0.4, 0.5) is 10.8 Å². The summed E-state index contributed by atoms with van der Waals surface area (Å²) in [7, 11) is 0. The van der Waals surface area contributed by atoms with E-state index in [0.29, 0.717) is 24.7 Å². The van der Waals surface area contributed by atoms with Gasteiger partial charge in [0.2, 0.25) is 11.0 Å². The van der Waals surface area contributed by atoms with Crippen LogP contribution in [0.5, 0.6) is 0 Å². The van der Waals surface area contributed by atoms with E-state index in [1.54, 1.807) is 11.8 Å². The van der Waals surface area contributed by atoms with Crippen molar-refractivity contribution in [2.24, 2.45) is 0 Å². The third-order valence-electron chi connectivity index (χ3n) is 4.72. The summed E-state index contributed by atoms with van der Waals surface area (Å²) in [5.74, 6) is -0.134. The topological polar surface area (TPSA) is 84.4 Å². The van der Waals surface area contributed by atoms with Crippen molar-refractivity contribution in [3.8, 4) is 0 Å². The molecule has 29 heavy (non-hydrogen) atoms. The molecule has 1 fully saturated rings. The van der Waals surface area contributed by atoms with E-state index >= 15 is 0 Å². The molecule has 0 radical (unpaired) electrons. The lowest BCUT2D eigenvalue weighted by atomic mass is 10.0. The number of esters is 1. The molecule has 1 aliphatic heterocycles. The zero-order valence-electron chi connectivity index (χ0n) is 16.7. The normalized spacial score (nSPS) is 16.5. The van der Waals surface area contributed by atoms with Gasteiger partial charge in [0.25, 0.3) is 0 Å². The Hall–Kier alpha value is -2.13. The first-order chi connectivity index (χ1) is 14.1. The summed E-state index contributed by atoms with van der Waals surface area (Å²) in [5, 5.41) is 12.2. The van der Waals surface area contributed by atoms with Crippen LogP contribution in [0, 0.1) is 0 Å². The highest BCUT2D eigenvalue weighted by Crippen LogP contribution is 2.29. The van der Waals surface area contributed by atoms with Gasteiger partial charge in [-0.2, -0.15) is 0 Å². The van der Waals surface area contributed by atoms with E-state index in [4.69, 9.17) is 4.74 Å². The second kappa shape index (κ2) is 10.6. The fraction of sp³-hybridized carbons (Fsp3) is 0.500. The number of carbonyl (C=O) groups is 2. The van der Waals surface area contributed by atoms with Gasteiger partial charge in [-0.1, -0.05) is 42.2 Å². The maximum absolute atomic E-state index is 12.7. The number of amides is 1. The second-order valence-electron chi connectivity index (χ2n) is 6.69. The molecule has 9 heteroatoms. The quantitative estimate of drug-likeness (QED) is 0.498. The zero-order valence-corrected chi connectivity index (χ0v) is 18.4. The van der Waals surface area contributed by atoms with Crippen LogP contribution in [0.3, 0.4) is 0 Å². The first-order valence-corrected chi connectivity index (χ1v) is 11.7. The van der Waals surface area contributed by atoms with Gasteiger partial charge < -0.3 is 15.0 Å². The van der Waals surface area contributed by atoms with Gasteiger partial charge in [0.05, 0.1) is 12.4 Å². The van der Waals surface area contributed by atoms with E-state index in [1.807, 2.05) is 12.1 Å². The zero-order chi connectivity index (χ0) is 20.6. The summed E-state index contributed by atoms with van der Waals surface area (Å²) in [5.41, 5.74) is 2.23. The smallest absolute Gasteiger partial charge is 0.328 e. The number of nitrogens with zero attached hydrogens (tertiary/aromatic N) is 3. The summed E-state index contributed by atoms with van der Waals surface area (Å²) < 4.78 is 5.85. The average Bonchev–Trinajstić information content (AvgIpc) is 3.20. The lowest BCUT2D eigenvalue weighted by Gasteiger charge is -2.33. The number of nitrogens with one attached hydrogen (secondary N) is 1. The summed E-state index contributed by atoms with van der Waals surface area (Å²) in [6.45, 7) is 4.83. The molecule has 1 saturated heterocycles. The molecule has 1 N–H and O–H groups in total. The fourth-order valence-electron chi connectivity index (χ4n) is 3.19. The number of hydrogen-bond donors (Lipinski definition) is 1. The minimum Gasteiger partial charge on any atom is -0.464 e. The largest absolute Gasteiger partial charge is 0.464 e. The molecule has 1 aliphatic rings. The molecule has 1 aromatic heterocycles. The molecule has 156 valence electrons. The molecule has 7 nitrogen and oxygen atoms in total. The van der Waals surface area contributed by atoms with Crippen molar-refractivity contribution in [1.82, 2.24) is 15.1 Å². The number of rotatable bonds is 8. The van der Waals surface area contributed by atoms with Gasteiger partial charge in [-0.05, 0) is 50.3 Å². The number of ether oxygens (including phenoxy) is 1. The number of benzene rings is 1. The van der Waals surface area contributed by atoms with E-state index in [-0.39, 0.29) is 17.6 Å². The maximum Gasteiger partial charge on any atom is 0.328 e. The Morgan fingerprint density at radius 3 is 2.76 bits per heavy atom. The van der Waals surface area contributed by atoms with Gasteiger partial charge in [-0.25, -0.2) is 4.79 Å². The number of likely N-dealkylation sites (tertiary alicyclic amines) is 1. The third kappa shape index (κ3) is 5.93. The molecule has 1 amide bonds. The van der Waals surface area contributed by atoms with Crippen molar-refractivity contribution < 1.29 is 14.3 Å². The van der Waals surface area contributed by atoms with Gasteiger partial charge >= 0.3 is 5.97 Å². The van der Waals surface area contributed by atoms with Crippen LogP contribution in [0.25, 0.3) is 0 Å². The molecule has 1 atom stereocenters. The predicted octanol–water partition coefficient (Wildman–Crippen LogP) is 3.88. The maximum atomic E-state index is 12.7. The molecular weight excluding hydrogens is 408 g/mol. The second-order valence-corrected chi connectivity index (χ2v) is 8.89. The molecule has 0 bridgehead atoms. The van der Waals surface area contributed by atoms with E-state index in [9.17, 15) is 9.59 Å². The van der Waals surface area contributed by atoms with Crippen LogP contribution in [-0.2, 0) is 20.7 Å². The van der Waals surface area contributed by atoms with Crippen molar-refractivity contribution >= 4 is 45.8 Å². The monoisotopic (exact) mass is 434 g/mol. The van der Waals surface area contributed by atoms with Gasteiger partial charge in [-0.3, -0.25) is 4.79 Å². The number of piperidine rings is 1. The number of thioether (sulfide) groups is 1. The highest BCUT2D eigenvalue weighted by atomic mass is 32.2. The number of aryl methyl sites for hydroxylation is 1. The summed E-state index contributed by atoms with van der Waals surface area (Å²) in [4.78, 5) is 26.5. The van der Waals surface area contributed by atoms with Crippen molar-refractivity contribution in [2.45, 2.75) is 49.9 Å². The van der Waals surface area contributed by atoms with Crippen LogP contribution >= 0.6 is 23.1 Å². The molecule has 0 saturated carbocycles. The van der Waals surface area contributed by atoms with Gasteiger partial charge in [0.15, 0.2) is 4.34 Å². The average molecular weight is 435 g/mol. The Labute approximate surface area is 179 Å². The van der Waals surface area contributed by atoms with Gasteiger partial charge in [-0.15, -0.1) is 10.2 Å². The summed E-state index contributed by atoms with van der Waals surface area (Å²) in [6.07, 6.45) is 3.52. The predicted molar refractivity (Wildman–Crippen MR) is 116 cm³/mol. The molecule has 0 spiro atoms. The van der Waals surface area contributed by atoms with Gasteiger partial charge in [0.1, 0.15) is 6.04 Å². The lowest BCUT2D eigenvalue weighted by molar-refractivity contribution is -0.155. The molecule has 1 unspecified atom stereocenters. The molecular formula is C20H26N4O3S2. The van der Waals surface area contributed by atoms with Crippen molar-refractivity contribution in [1.29, 1.82) is 0 Å². The summed E-state index contributed by atoms with van der Waals surface area (Å²) in [6, 6.07) is 7.73. The van der Waals surface area contributed by atoms with Crippen LogP contribution in [0.15, 0.2) is 28.6 Å². The van der Waals surface area contributed by atoms with Crippen molar-refractivity contribution in [3.05, 3.63) is 29.8 Å². The van der Waals surface area contributed by atoms with Crippen molar-refractivity contribution in [3.63, 3.8) is 0 Å². The first-order valence-electron chi connectivity index (χ1n) is 9.89. The first kappa shape index (κ1) is 21.6. The number of anilines is 2. The fourth-order valence-corrected chi connectivity index (χ4v) is 4.84. The van der Waals surface area contributed by atoms with Crippen LogP contribution in [-0.4, -0.2) is 51.9 Å². The molecule has 2 aromatic rings. The van der Waals surface area contributed by atoms with E-state index in [1.165, 1.54) is 28.7 Å². The standard InChI is InChI=1S/C20H26N4O3S2/c1-3-14-8-10-15(11-9-14)21-19-22-23-20(29-19)28-13-17(25)24-12-6-5-7-16(24)18(26)27-4-2/h8-11,16H,3-7,12-13H2,1-2H3,(H,21,22). The van der Waals surface area contributed by atoms with Crippen LogP contribution in [0.2, 0.25) is 0 Å². The van der Waals surface area contributed by atoms with E-state index in [0.717, 1.165) is 29.3 Å². The Balaban J connectivity index is 1.54. The minimum absolute atomic E-state index is 0.0624. The minimum atomic E-state index is -0.463. The molecule has 2 heterocycles. The number of hydrogen-bond acceptors (Lipinski definition) is 8. The Morgan fingerprint density at radius 2 is 2.03 bits per heavy atom. The van der Waals surface area contributed by atoms with Gasteiger partial charge in [0, 0.05) is 12.2 Å². The number of aromatic nitrogens is 2. The van der Waals surface area contributed by atoms with Crippen molar-refractivity contribution in [2.75, 3.05) is 24.2 Å². The Morgan fingerprint density at radius 1 is 1.24 bits per heavy atom. The van der Waals surface area contributed by atoms with E-state index in [2.05, 4.69) is 34.6 Å². The van der Waals surface area contributed by atoms with E-state index < -0.39 is 6.04 Å². The number of carbonyl (C=O) groups excluding carboxylic acids is 2. The SMILES string of the molecule is CCOC(=O)C1CCCCN1C(=O)CSc1nnc(Nc2ccc(CC)cc2)s1. The molecule has 3 rings (SSSR count). The summed E-state index contributed by atoms with van der Waals surface area (Å²) >= 11 is 2.76. The molecule has 0 aliphatic carbocycles. The molecule has 1 aromatic carbocycles. The Kier molecular flexibility index (Phi) is 7.88. The lowest BCUT2D eigenvalue weighted by Crippen LogP contribution is -2.49. The van der Waals surface area contributed by atoms with Crippen LogP contribution in [0.1, 0.15) is 38.7 Å².